The topological polar surface area (TPSA) is 92.8 Å². The molecule has 2 aromatic rings. The van der Waals surface area contributed by atoms with E-state index < -0.39 is 21.9 Å². The van der Waals surface area contributed by atoms with E-state index in [1.54, 1.807) is 12.1 Å². The first-order valence-corrected chi connectivity index (χ1v) is 11.2. The molecular formula is C21H24N2O5S. The fourth-order valence-electron chi connectivity index (χ4n) is 3.56. The Hall–Kier alpha value is -2.87. The van der Waals surface area contributed by atoms with Crippen LogP contribution in [0.2, 0.25) is 0 Å². The van der Waals surface area contributed by atoms with E-state index in [1.165, 1.54) is 10.4 Å². The van der Waals surface area contributed by atoms with Crippen molar-refractivity contribution in [2.24, 2.45) is 0 Å². The number of nitrogens with one attached hydrogen (secondary N) is 1. The molecule has 3 rings (SSSR count). The minimum absolute atomic E-state index is 0.203. The maximum Gasteiger partial charge on any atom is 0.338 e. The molecule has 0 unspecified atom stereocenters. The number of esters is 1. The Kier molecular flexibility index (Phi) is 5.93. The number of benzene rings is 2. The van der Waals surface area contributed by atoms with E-state index in [0.29, 0.717) is 12.1 Å². The third kappa shape index (κ3) is 4.76. The van der Waals surface area contributed by atoms with E-state index in [4.69, 9.17) is 4.74 Å². The summed E-state index contributed by atoms with van der Waals surface area (Å²) in [4.78, 5) is 24.4. The monoisotopic (exact) mass is 416 g/mol. The van der Waals surface area contributed by atoms with E-state index in [2.05, 4.69) is 5.32 Å². The summed E-state index contributed by atoms with van der Waals surface area (Å²) in [5.74, 6) is -1.02. The Bertz CT molecular complexity index is 1020. The molecule has 1 amide bonds. The largest absolute Gasteiger partial charge is 0.452 e. The molecule has 0 bridgehead atoms. The molecule has 154 valence electrons. The van der Waals surface area contributed by atoms with E-state index >= 15 is 0 Å². The lowest BCUT2D eigenvalue weighted by Crippen LogP contribution is -2.34. The fraction of sp³-hybridized carbons (Fsp3) is 0.333. The number of carbonyl (C=O) groups excluding carboxylic acids is 2. The van der Waals surface area contributed by atoms with E-state index in [0.717, 1.165) is 17.4 Å². The van der Waals surface area contributed by atoms with Gasteiger partial charge < -0.3 is 10.1 Å². The minimum Gasteiger partial charge on any atom is -0.452 e. The third-order valence-corrected chi connectivity index (χ3v) is 6.11. The normalized spacial score (nSPS) is 16.8. The molecule has 1 aliphatic rings. The average molecular weight is 416 g/mol. The molecule has 29 heavy (non-hydrogen) atoms. The number of nitrogens with zero attached hydrogens (tertiary/aromatic N) is 1. The van der Waals surface area contributed by atoms with Crippen LogP contribution in [0.5, 0.6) is 0 Å². The van der Waals surface area contributed by atoms with E-state index in [1.807, 2.05) is 44.2 Å². The van der Waals surface area contributed by atoms with Crippen LogP contribution < -0.4 is 9.62 Å². The minimum atomic E-state index is -3.39. The maximum absolute atomic E-state index is 12.3. The zero-order chi connectivity index (χ0) is 21.2. The van der Waals surface area contributed by atoms with Crippen molar-refractivity contribution >= 4 is 27.6 Å². The van der Waals surface area contributed by atoms with Gasteiger partial charge in [-0.1, -0.05) is 30.3 Å². The molecule has 1 aliphatic heterocycles. The predicted molar refractivity (Wildman–Crippen MR) is 110 cm³/mol. The quantitative estimate of drug-likeness (QED) is 0.730. The average Bonchev–Trinajstić information content (AvgIpc) is 3.01. The van der Waals surface area contributed by atoms with Crippen molar-refractivity contribution < 1.29 is 22.7 Å². The first-order chi connectivity index (χ1) is 13.7. The number of amides is 1. The summed E-state index contributed by atoms with van der Waals surface area (Å²) in [6, 6.07) is 13.8. The predicted octanol–water partition coefficient (Wildman–Crippen LogP) is 2.43. The van der Waals surface area contributed by atoms with Gasteiger partial charge >= 0.3 is 5.97 Å². The SMILES string of the molecule is C[C@H](NC(=O)COC(=O)c1ccc2c(c1)C[C@H](C)N2S(C)(=O)=O)c1ccccc1. The van der Waals surface area contributed by atoms with Crippen LogP contribution in [0.25, 0.3) is 0 Å². The van der Waals surface area contributed by atoms with Crippen LogP contribution in [-0.4, -0.2) is 39.2 Å². The summed E-state index contributed by atoms with van der Waals surface area (Å²) in [7, 11) is -3.39. The Morgan fingerprint density at radius 2 is 1.90 bits per heavy atom. The molecule has 0 radical (unpaired) electrons. The number of hydrogen-bond donors (Lipinski definition) is 1. The highest BCUT2D eigenvalue weighted by atomic mass is 32.2. The van der Waals surface area contributed by atoms with Crippen molar-refractivity contribution in [3.05, 3.63) is 65.2 Å². The first kappa shape index (κ1) is 20.9. The van der Waals surface area contributed by atoms with Gasteiger partial charge in [-0.3, -0.25) is 9.10 Å². The highest BCUT2D eigenvalue weighted by molar-refractivity contribution is 7.92. The molecule has 0 saturated carbocycles. The lowest BCUT2D eigenvalue weighted by atomic mass is 10.1. The van der Waals surface area contributed by atoms with Crippen LogP contribution in [0, 0.1) is 0 Å². The zero-order valence-electron chi connectivity index (χ0n) is 16.6. The second-order valence-corrected chi connectivity index (χ2v) is 9.09. The van der Waals surface area contributed by atoms with Gasteiger partial charge in [0.25, 0.3) is 5.91 Å². The molecule has 0 aromatic heterocycles. The van der Waals surface area contributed by atoms with E-state index in [-0.39, 0.29) is 24.3 Å². The first-order valence-electron chi connectivity index (χ1n) is 9.30. The highest BCUT2D eigenvalue weighted by Crippen LogP contribution is 2.34. The van der Waals surface area contributed by atoms with Gasteiger partial charge in [-0.2, -0.15) is 0 Å². The highest BCUT2D eigenvalue weighted by Gasteiger charge is 2.33. The smallest absolute Gasteiger partial charge is 0.338 e. The second-order valence-electron chi connectivity index (χ2n) is 7.23. The second kappa shape index (κ2) is 8.24. The molecule has 7 nitrogen and oxygen atoms in total. The van der Waals surface area contributed by atoms with Gasteiger partial charge in [0.15, 0.2) is 6.61 Å². The summed E-state index contributed by atoms with van der Waals surface area (Å²) < 4.78 is 30.4. The number of rotatable bonds is 6. The fourth-order valence-corrected chi connectivity index (χ4v) is 4.82. The van der Waals surface area contributed by atoms with Gasteiger partial charge in [0.2, 0.25) is 10.0 Å². The van der Waals surface area contributed by atoms with Crippen molar-refractivity contribution in [3.8, 4) is 0 Å². The number of sulfonamides is 1. The number of fused-ring (bicyclic) bond motifs is 1. The standard InChI is InChI=1S/C21H24N2O5S/c1-14-11-18-12-17(9-10-19(18)23(14)29(3,26)27)21(25)28-13-20(24)22-15(2)16-7-5-4-6-8-16/h4-10,12,14-15H,11,13H2,1-3H3,(H,22,24)/t14-,15-/m0/s1. The number of hydrogen-bond acceptors (Lipinski definition) is 5. The molecular weight excluding hydrogens is 392 g/mol. The Labute approximate surface area is 170 Å². The summed E-state index contributed by atoms with van der Waals surface area (Å²) in [5.41, 5.74) is 2.58. The molecule has 1 heterocycles. The summed E-state index contributed by atoms with van der Waals surface area (Å²) in [5, 5.41) is 2.78. The van der Waals surface area contributed by atoms with Crippen LogP contribution in [0.3, 0.4) is 0 Å². The van der Waals surface area contributed by atoms with Crippen LogP contribution in [0.15, 0.2) is 48.5 Å². The van der Waals surface area contributed by atoms with Gasteiger partial charge in [0.1, 0.15) is 0 Å². The van der Waals surface area contributed by atoms with Crippen molar-refractivity contribution in [1.29, 1.82) is 0 Å². The summed E-state index contributed by atoms with van der Waals surface area (Å²) in [6.07, 6.45) is 1.68. The lowest BCUT2D eigenvalue weighted by Gasteiger charge is -2.21. The lowest BCUT2D eigenvalue weighted by molar-refractivity contribution is -0.124. The van der Waals surface area contributed by atoms with Gasteiger partial charge in [-0.15, -0.1) is 0 Å². The Morgan fingerprint density at radius 3 is 2.55 bits per heavy atom. The van der Waals surface area contributed by atoms with E-state index in [9.17, 15) is 18.0 Å². The molecule has 1 N–H and O–H groups in total. The van der Waals surface area contributed by atoms with Crippen molar-refractivity contribution in [1.82, 2.24) is 5.32 Å². The van der Waals surface area contributed by atoms with Gasteiger partial charge in [0, 0.05) is 6.04 Å². The molecule has 2 atom stereocenters. The van der Waals surface area contributed by atoms with Crippen molar-refractivity contribution in [2.45, 2.75) is 32.4 Å². The van der Waals surface area contributed by atoms with Gasteiger partial charge in [-0.05, 0) is 49.6 Å². The molecule has 0 aliphatic carbocycles. The zero-order valence-corrected chi connectivity index (χ0v) is 17.4. The molecule has 0 saturated heterocycles. The third-order valence-electron chi connectivity index (χ3n) is 4.84. The van der Waals surface area contributed by atoms with Crippen LogP contribution in [0.1, 0.15) is 41.4 Å². The van der Waals surface area contributed by atoms with Crippen LogP contribution >= 0.6 is 0 Å². The molecule has 0 fully saturated rings. The molecule has 8 heteroatoms. The van der Waals surface area contributed by atoms with Crippen molar-refractivity contribution in [3.63, 3.8) is 0 Å². The van der Waals surface area contributed by atoms with Crippen LogP contribution in [-0.2, 0) is 26.0 Å². The molecule has 2 aromatic carbocycles. The van der Waals surface area contributed by atoms with Crippen LogP contribution in [0.4, 0.5) is 5.69 Å². The maximum atomic E-state index is 12.3. The summed E-state index contributed by atoms with van der Waals surface area (Å²) >= 11 is 0. The number of anilines is 1. The molecule has 0 spiro atoms. The van der Waals surface area contributed by atoms with Crippen molar-refractivity contribution in [2.75, 3.05) is 17.2 Å². The Morgan fingerprint density at radius 1 is 1.21 bits per heavy atom. The Balaban J connectivity index is 1.61. The summed E-state index contributed by atoms with van der Waals surface area (Å²) in [6.45, 7) is 3.28. The number of ether oxygens (including phenoxy) is 1. The van der Waals surface area contributed by atoms with Gasteiger partial charge in [0.05, 0.1) is 23.5 Å². The number of carbonyl (C=O) groups is 2. The van der Waals surface area contributed by atoms with Gasteiger partial charge in [-0.25, -0.2) is 13.2 Å².